The van der Waals surface area contributed by atoms with E-state index in [1.165, 1.54) is 24.3 Å². The van der Waals surface area contributed by atoms with Gasteiger partial charge in [-0.25, -0.2) is 22.6 Å². The van der Waals surface area contributed by atoms with Gasteiger partial charge in [-0.2, -0.15) is 5.10 Å². The second-order valence-electron chi connectivity index (χ2n) is 8.24. The third-order valence-electron chi connectivity index (χ3n) is 6.05. The van der Waals surface area contributed by atoms with Crippen LogP contribution >= 0.6 is 0 Å². The molecule has 0 saturated carbocycles. The van der Waals surface area contributed by atoms with E-state index in [1.807, 2.05) is 6.07 Å². The van der Waals surface area contributed by atoms with Gasteiger partial charge in [0.25, 0.3) is 0 Å². The van der Waals surface area contributed by atoms with E-state index in [0.717, 1.165) is 10.9 Å². The number of hydrogen-bond donors (Lipinski definition) is 2. The molecule has 9 heteroatoms. The fourth-order valence-electron chi connectivity index (χ4n) is 4.28. The summed E-state index contributed by atoms with van der Waals surface area (Å²) in [7, 11) is -3.84. The van der Waals surface area contributed by atoms with Crippen molar-refractivity contribution in [3.8, 4) is 22.4 Å². The van der Waals surface area contributed by atoms with Crippen LogP contribution in [0.25, 0.3) is 44.2 Å². The summed E-state index contributed by atoms with van der Waals surface area (Å²) in [6.45, 7) is 3.27. The Morgan fingerprint density at radius 3 is 2.49 bits per heavy atom. The van der Waals surface area contributed by atoms with Crippen molar-refractivity contribution in [1.29, 1.82) is 0 Å². The number of halogens is 1. The van der Waals surface area contributed by atoms with E-state index in [0.29, 0.717) is 33.2 Å². The van der Waals surface area contributed by atoms with E-state index >= 15 is 0 Å². The Bertz CT molecular complexity index is 1740. The van der Waals surface area contributed by atoms with Gasteiger partial charge in [0.15, 0.2) is 9.84 Å². The molecule has 35 heavy (non-hydrogen) atoms. The number of pyridine rings is 1. The first-order chi connectivity index (χ1) is 16.7. The van der Waals surface area contributed by atoms with Gasteiger partial charge in [-0.05, 0) is 54.4 Å². The zero-order valence-electron chi connectivity index (χ0n) is 18.8. The van der Waals surface area contributed by atoms with Gasteiger partial charge < -0.3 is 5.11 Å². The van der Waals surface area contributed by atoms with E-state index in [-0.39, 0.29) is 21.9 Å². The van der Waals surface area contributed by atoms with Crippen LogP contribution in [0.2, 0.25) is 0 Å². The molecule has 7 nitrogen and oxygen atoms in total. The number of carboxylic acid groups (broad SMARTS) is 1. The minimum atomic E-state index is -3.84. The van der Waals surface area contributed by atoms with Gasteiger partial charge in [-0.1, -0.05) is 25.1 Å². The second kappa shape index (κ2) is 8.28. The number of nitrogens with one attached hydrogen (secondary N) is 1. The molecule has 5 aromatic rings. The Hall–Kier alpha value is -4.11. The van der Waals surface area contributed by atoms with Crippen molar-refractivity contribution in [3.63, 3.8) is 0 Å². The molecule has 0 unspecified atom stereocenters. The van der Waals surface area contributed by atoms with Crippen LogP contribution in [0.15, 0.2) is 65.7 Å². The maximum Gasteiger partial charge on any atom is 0.335 e. The molecule has 5 rings (SSSR count). The number of fused-ring (bicyclic) bond motifs is 2. The van der Waals surface area contributed by atoms with Crippen molar-refractivity contribution < 1.29 is 22.7 Å². The largest absolute Gasteiger partial charge is 0.478 e. The van der Waals surface area contributed by atoms with Crippen molar-refractivity contribution in [3.05, 3.63) is 77.7 Å². The van der Waals surface area contributed by atoms with Gasteiger partial charge in [0, 0.05) is 21.9 Å². The lowest BCUT2D eigenvalue weighted by atomic mass is 9.95. The Morgan fingerprint density at radius 1 is 1.09 bits per heavy atom. The quantitative estimate of drug-likeness (QED) is 0.343. The fourth-order valence-corrected chi connectivity index (χ4v) is 5.56. The maximum atomic E-state index is 13.8. The normalized spacial score (nSPS) is 11.9. The van der Waals surface area contributed by atoms with Crippen LogP contribution in [-0.2, 0) is 9.84 Å². The first-order valence-electron chi connectivity index (χ1n) is 10.8. The first-order valence-corrected chi connectivity index (χ1v) is 12.5. The molecule has 176 valence electrons. The zero-order chi connectivity index (χ0) is 24.9. The van der Waals surface area contributed by atoms with E-state index in [4.69, 9.17) is 4.98 Å². The third-order valence-corrected chi connectivity index (χ3v) is 7.83. The first kappa shape index (κ1) is 22.7. The lowest BCUT2D eigenvalue weighted by Crippen LogP contribution is -2.10. The smallest absolute Gasteiger partial charge is 0.335 e. The number of rotatable bonds is 5. The number of H-pyrrole nitrogens is 1. The van der Waals surface area contributed by atoms with Crippen LogP contribution in [-0.4, -0.2) is 40.4 Å². The molecule has 0 fully saturated rings. The Balaban J connectivity index is 1.99. The highest BCUT2D eigenvalue weighted by Gasteiger charge is 2.28. The molecule has 0 aliphatic heterocycles. The third kappa shape index (κ3) is 3.83. The van der Waals surface area contributed by atoms with Crippen LogP contribution in [0, 0.1) is 12.7 Å². The van der Waals surface area contributed by atoms with Gasteiger partial charge in [-0.15, -0.1) is 0 Å². The van der Waals surface area contributed by atoms with Crippen molar-refractivity contribution in [2.45, 2.75) is 18.7 Å². The molecule has 2 aromatic heterocycles. The molecule has 0 radical (unpaired) electrons. The summed E-state index contributed by atoms with van der Waals surface area (Å²) < 4.78 is 40.9. The van der Waals surface area contributed by atoms with Crippen LogP contribution in [0.1, 0.15) is 22.8 Å². The summed E-state index contributed by atoms with van der Waals surface area (Å²) in [5, 5.41) is 17.7. The number of aryl methyl sites for hydroxylation is 1. The monoisotopic (exact) mass is 489 g/mol. The molecule has 3 aromatic carbocycles. The number of aromatic carboxylic acids is 1. The minimum absolute atomic E-state index is 0.0214. The Kier molecular flexibility index (Phi) is 5.36. The van der Waals surface area contributed by atoms with Gasteiger partial charge in [0.2, 0.25) is 0 Å². The minimum Gasteiger partial charge on any atom is -0.478 e. The van der Waals surface area contributed by atoms with Gasteiger partial charge >= 0.3 is 5.97 Å². The molecule has 0 aliphatic rings. The number of nitrogens with zero attached hydrogens (tertiary/aromatic N) is 2. The highest BCUT2D eigenvalue weighted by molar-refractivity contribution is 7.91. The molecular formula is C26H20FN3O4S. The number of sulfone groups is 1. The zero-order valence-corrected chi connectivity index (χ0v) is 19.6. The van der Waals surface area contributed by atoms with Crippen LogP contribution < -0.4 is 0 Å². The lowest BCUT2D eigenvalue weighted by molar-refractivity contribution is 0.0696. The molecule has 0 atom stereocenters. The maximum absolute atomic E-state index is 13.8. The lowest BCUT2D eigenvalue weighted by Gasteiger charge is -2.19. The number of aromatic nitrogens is 3. The summed E-state index contributed by atoms with van der Waals surface area (Å²) in [6.07, 6.45) is 1.64. The topological polar surface area (TPSA) is 113 Å². The van der Waals surface area contributed by atoms with E-state index < -0.39 is 21.6 Å². The van der Waals surface area contributed by atoms with Crippen LogP contribution in [0.3, 0.4) is 0 Å². The molecule has 2 heterocycles. The van der Waals surface area contributed by atoms with E-state index in [9.17, 15) is 22.7 Å². The fraction of sp³-hybridized carbons (Fsp3) is 0.115. The highest BCUT2D eigenvalue weighted by atomic mass is 32.2. The van der Waals surface area contributed by atoms with E-state index in [2.05, 4.69) is 10.2 Å². The molecule has 2 N–H and O–H groups in total. The Morgan fingerprint density at radius 2 is 1.83 bits per heavy atom. The highest BCUT2D eigenvalue weighted by Crippen LogP contribution is 2.42. The van der Waals surface area contributed by atoms with Crippen LogP contribution in [0.5, 0.6) is 0 Å². The number of carboxylic acids is 1. The SMILES string of the molecule is CCS(=O)(=O)c1c(-c2ccc(C(=O)O)cc2C)nc2cc3[nH]ncc3cc2c1-c1ccc(F)cc1. The summed E-state index contributed by atoms with van der Waals surface area (Å²) in [6, 6.07) is 13.8. The molecule has 0 spiro atoms. The van der Waals surface area contributed by atoms with Gasteiger partial charge in [-0.3, -0.25) is 5.10 Å². The molecule has 0 saturated heterocycles. The molecule has 0 aliphatic carbocycles. The van der Waals surface area contributed by atoms with Crippen molar-refractivity contribution in [2.75, 3.05) is 5.75 Å². The summed E-state index contributed by atoms with van der Waals surface area (Å²) in [4.78, 5) is 16.3. The predicted molar refractivity (Wildman–Crippen MR) is 132 cm³/mol. The molecule has 0 amide bonds. The summed E-state index contributed by atoms with van der Waals surface area (Å²) in [5.41, 5.74) is 3.55. The molecular weight excluding hydrogens is 469 g/mol. The van der Waals surface area contributed by atoms with Crippen molar-refractivity contribution >= 4 is 37.6 Å². The van der Waals surface area contributed by atoms with E-state index in [1.54, 1.807) is 44.3 Å². The number of benzene rings is 3. The van der Waals surface area contributed by atoms with Gasteiger partial charge in [0.1, 0.15) is 10.7 Å². The number of hydrogen-bond acceptors (Lipinski definition) is 5. The number of aromatic amines is 1. The standard InChI is InChI=1S/C26H20FN3O4S/c1-3-35(33,34)25-23(15-4-7-18(27)8-5-15)20-11-17-13-28-30-21(17)12-22(20)29-24(25)19-9-6-16(26(31)32)10-14(19)2/h4-13H,3H2,1-2H3,(H,28,30)(H,31,32). The van der Waals surface area contributed by atoms with Crippen molar-refractivity contribution in [1.82, 2.24) is 15.2 Å². The van der Waals surface area contributed by atoms with Crippen LogP contribution in [0.4, 0.5) is 4.39 Å². The average molecular weight is 490 g/mol. The Labute approximate surface area is 200 Å². The number of carbonyl (C=O) groups is 1. The predicted octanol–water partition coefficient (Wildman–Crippen LogP) is 5.38. The summed E-state index contributed by atoms with van der Waals surface area (Å²) in [5.74, 6) is -1.70. The molecule has 0 bridgehead atoms. The van der Waals surface area contributed by atoms with Gasteiger partial charge in [0.05, 0.1) is 34.2 Å². The van der Waals surface area contributed by atoms with Crippen molar-refractivity contribution in [2.24, 2.45) is 0 Å². The second-order valence-corrected chi connectivity index (χ2v) is 10.5. The average Bonchev–Trinajstić information content (AvgIpc) is 3.29. The summed E-state index contributed by atoms with van der Waals surface area (Å²) >= 11 is 0.